The van der Waals surface area contributed by atoms with Crippen LogP contribution in [-0.2, 0) is 6.54 Å². The molecule has 1 aromatic heterocycles. The van der Waals surface area contributed by atoms with Gasteiger partial charge in [0.05, 0.1) is 24.1 Å². The van der Waals surface area contributed by atoms with E-state index in [0.29, 0.717) is 47.6 Å². The van der Waals surface area contributed by atoms with E-state index in [9.17, 15) is 9.59 Å². The second-order valence-corrected chi connectivity index (χ2v) is 7.95. The lowest BCUT2D eigenvalue weighted by Gasteiger charge is -2.32. The molecule has 32 heavy (non-hydrogen) atoms. The summed E-state index contributed by atoms with van der Waals surface area (Å²) in [6, 6.07) is 14.4. The van der Waals surface area contributed by atoms with Crippen molar-refractivity contribution >= 4 is 16.8 Å². The summed E-state index contributed by atoms with van der Waals surface area (Å²) in [5.41, 5.74) is 1.20. The molecule has 0 fully saturated rings. The number of nitrogens with zero attached hydrogens (tertiary/aromatic N) is 3. The molecular formula is C26H33N3O3. The van der Waals surface area contributed by atoms with Gasteiger partial charge in [-0.15, -0.1) is 0 Å². The predicted molar refractivity (Wildman–Crippen MR) is 128 cm³/mol. The van der Waals surface area contributed by atoms with E-state index >= 15 is 0 Å². The van der Waals surface area contributed by atoms with Gasteiger partial charge in [0.25, 0.3) is 11.5 Å². The van der Waals surface area contributed by atoms with Gasteiger partial charge in [0.15, 0.2) is 0 Å². The summed E-state index contributed by atoms with van der Waals surface area (Å²) in [5, 5.41) is 0.610. The quantitative estimate of drug-likeness (QED) is 0.439. The number of para-hydroxylation sites is 1. The molecule has 0 aliphatic heterocycles. The number of unbranched alkanes of at least 4 members (excludes halogenated alkanes) is 1. The van der Waals surface area contributed by atoms with Crippen molar-refractivity contribution in [2.24, 2.45) is 0 Å². The van der Waals surface area contributed by atoms with Crippen LogP contribution in [0.2, 0.25) is 0 Å². The highest BCUT2D eigenvalue weighted by molar-refractivity contribution is 5.95. The molecule has 0 aliphatic carbocycles. The number of rotatable bonds is 10. The van der Waals surface area contributed by atoms with Gasteiger partial charge in [-0.25, -0.2) is 4.98 Å². The van der Waals surface area contributed by atoms with Crippen LogP contribution < -0.4 is 10.3 Å². The van der Waals surface area contributed by atoms with Crippen molar-refractivity contribution in [2.45, 2.75) is 59.0 Å². The fourth-order valence-corrected chi connectivity index (χ4v) is 4.07. The normalized spacial score (nSPS) is 12.0. The van der Waals surface area contributed by atoms with E-state index in [-0.39, 0.29) is 17.5 Å². The van der Waals surface area contributed by atoms with E-state index in [1.165, 1.54) is 0 Å². The van der Waals surface area contributed by atoms with Crippen molar-refractivity contribution < 1.29 is 9.53 Å². The summed E-state index contributed by atoms with van der Waals surface area (Å²) in [4.78, 5) is 33.8. The molecule has 0 N–H and O–H groups in total. The minimum atomic E-state index is -0.302. The zero-order chi connectivity index (χ0) is 23.1. The maximum absolute atomic E-state index is 13.7. The standard InChI is InChI=1S/C26H33N3O3/c1-5-8-17-28(25(30)19-12-11-13-20(18-19)32-4)23(7-3)24-27-22-15-10-9-14-21(22)26(31)29(24)16-6-2/h9-15,18,23H,5-8,16-17H2,1-4H3. The molecule has 0 bridgehead atoms. The van der Waals surface area contributed by atoms with Gasteiger partial charge in [-0.05, 0) is 49.6 Å². The van der Waals surface area contributed by atoms with E-state index in [2.05, 4.69) is 6.92 Å². The van der Waals surface area contributed by atoms with Crippen molar-refractivity contribution in [1.29, 1.82) is 0 Å². The number of carbonyl (C=O) groups is 1. The summed E-state index contributed by atoms with van der Waals surface area (Å²) in [6.45, 7) is 7.36. The van der Waals surface area contributed by atoms with Crippen LogP contribution in [0, 0.1) is 0 Å². The Bertz CT molecular complexity index is 1120. The second kappa shape index (κ2) is 10.9. The molecule has 1 atom stereocenters. The van der Waals surface area contributed by atoms with Gasteiger partial charge in [0.2, 0.25) is 0 Å². The first kappa shape index (κ1) is 23.5. The SMILES string of the molecule is CCCCN(C(=O)c1cccc(OC)c1)C(CC)c1nc2ccccc2c(=O)n1CCC. The van der Waals surface area contributed by atoms with Crippen molar-refractivity contribution in [2.75, 3.05) is 13.7 Å². The molecule has 3 aromatic rings. The smallest absolute Gasteiger partial charge is 0.261 e. The van der Waals surface area contributed by atoms with Crippen molar-refractivity contribution in [3.63, 3.8) is 0 Å². The maximum atomic E-state index is 13.7. The average molecular weight is 436 g/mol. The highest BCUT2D eigenvalue weighted by Crippen LogP contribution is 2.27. The van der Waals surface area contributed by atoms with Gasteiger partial charge in [0, 0.05) is 18.7 Å². The molecular weight excluding hydrogens is 402 g/mol. The molecule has 1 unspecified atom stereocenters. The summed E-state index contributed by atoms with van der Waals surface area (Å²) >= 11 is 0. The lowest BCUT2D eigenvalue weighted by atomic mass is 10.1. The number of amides is 1. The van der Waals surface area contributed by atoms with Crippen LogP contribution in [0.15, 0.2) is 53.3 Å². The minimum Gasteiger partial charge on any atom is -0.497 e. The number of hydrogen-bond acceptors (Lipinski definition) is 4. The van der Waals surface area contributed by atoms with Gasteiger partial charge in [-0.3, -0.25) is 14.2 Å². The van der Waals surface area contributed by atoms with Crippen molar-refractivity contribution in [3.8, 4) is 5.75 Å². The fraction of sp³-hybridized carbons (Fsp3) is 0.423. The Hall–Kier alpha value is -3.15. The molecule has 0 saturated heterocycles. The Labute approximate surface area is 189 Å². The maximum Gasteiger partial charge on any atom is 0.261 e. The van der Waals surface area contributed by atoms with E-state index < -0.39 is 0 Å². The van der Waals surface area contributed by atoms with Crippen LogP contribution >= 0.6 is 0 Å². The summed E-state index contributed by atoms with van der Waals surface area (Å²) < 4.78 is 7.08. The van der Waals surface area contributed by atoms with Crippen molar-refractivity contribution in [1.82, 2.24) is 14.5 Å². The predicted octanol–water partition coefficient (Wildman–Crippen LogP) is 5.21. The second-order valence-electron chi connectivity index (χ2n) is 7.95. The van der Waals surface area contributed by atoms with E-state index in [4.69, 9.17) is 9.72 Å². The van der Waals surface area contributed by atoms with Crippen molar-refractivity contribution in [3.05, 3.63) is 70.3 Å². The molecule has 6 heteroatoms. The third kappa shape index (κ3) is 4.85. The summed E-state index contributed by atoms with van der Waals surface area (Å²) in [7, 11) is 1.59. The highest BCUT2D eigenvalue weighted by atomic mass is 16.5. The fourth-order valence-electron chi connectivity index (χ4n) is 4.07. The zero-order valence-corrected chi connectivity index (χ0v) is 19.5. The number of aromatic nitrogens is 2. The van der Waals surface area contributed by atoms with Crippen LogP contribution in [0.3, 0.4) is 0 Å². The molecule has 170 valence electrons. The first-order valence-electron chi connectivity index (χ1n) is 11.5. The molecule has 0 radical (unpaired) electrons. The molecule has 6 nitrogen and oxygen atoms in total. The first-order chi connectivity index (χ1) is 15.5. The van der Waals surface area contributed by atoms with Gasteiger partial charge in [0.1, 0.15) is 11.6 Å². The van der Waals surface area contributed by atoms with Crippen LogP contribution in [0.25, 0.3) is 10.9 Å². The van der Waals surface area contributed by atoms with Gasteiger partial charge >= 0.3 is 0 Å². The lowest BCUT2D eigenvalue weighted by Crippen LogP contribution is -2.39. The van der Waals surface area contributed by atoms with Gasteiger partial charge < -0.3 is 9.64 Å². The van der Waals surface area contributed by atoms with Gasteiger partial charge in [-0.2, -0.15) is 0 Å². The summed E-state index contributed by atoms with van der Waals surface area (Å²) in [5.74, 6) is 1.23. The third-order valence-corrected chi connectivity index (χ3v) is 5.73. The van der Waals surface area contributed by atoms with Crippen LogP contribution in [0.1, 0.15) is 68.7 Å². The number of methoxy groups -OCH3 is 1. The Balaban J connectivity index is 2.14. The minimum absolute atomic E-state index is 0.0461. The number of fused-ring (bicyclic) bond motifs is 1. The largest absolute Gasteiger partial charge is 0.497 e. The lowest BCUT2D eigenvalue weighted by molar-refractivity contribution is 0.0653. The molecule has 0 aliphatic rings. The van der Waals surface area contributed by atoms with Crippen LogP contribution in [0.4, 0.5) is 0 Å². The number of hydrogen-bond donors (Lipinski definition) is 0. The average Bonchev–Trinajstić information content (AvgIpc) is 2.83. The van der Waals surface area contributed by atoms with E-state index in [0.717, 1.165) is 19.3 Å². The topological polar surface area (TPSA) is 64.4 Å². The Morgan fingerprint density at radius 3 is 2.56 bits per heavy atom. The Morgan fingerprint density at radius 2 is 1.88 bits per heavy atom. The first-order valence-corrected chi connectivity index (χ1v) is 11.5. The van der Waals surface area contributed by atoms with E-state index in [1.807, 2.05) is 61.2 Å². The molecule has 1 amide bonds. The molecule has 0 spiro atoms. The number of ether oxygens (including phenoxy) is 1. The monoisotopic (exact) mass is 435 g/mol. The van der Waals surface area contributed by atoms with E-state index in [1.54, 1.807) is 17.7 Å². The number of benzene rings is 2. The molecule has 3 rings (SSSR count). The molecule has 0 saturated carbocycles. The van der Waals surface area contributed by atoms with Crippen LogP contribution in [0.5, 0.6) is 5.75 Å². The summed E-state index contributed by atoms with van der Waals surface area (Å²) in [6.07, 6.45) is 3.30. The molecule has 2 aromatic carbocycles. The molecule has 1 heterocycles. The van der Waals surface area contributed by atoms with Gasteiger partial charge in [-0.1, -0.05) is 45.4 Å². The van der Waals surface area contributed by atoms with Crippen LogP contribution in [-0.4, -0.2) is 34.0 Å². The zero-order valence-electron chi connectivity index (χ0n) is 19.5. The third-order valence-electron chi connectivity index (χ3n) is 5.73. The Kier molecular flexibility index (Phi) is 8.03. The number of carbonyl (C=O) groups excluding carboxylic acids is 1. The highest BCUT2D eigenvalue weighted by Gasteiger charge is 2.29. The Morgan fingerprint density at radius 1 is 1.09 bits per heavy atom.